The second-order valence-electron chi connectivity index (χ2n) is 10.3. The first kappa shape index (κ1) is 27.9. The lowest BCUT2D eigenvalue weighted by molar-refractivity contribution is -0.113. The van der Waals surface area contributed by atoms with Gasteiger partial charge in [0.2, 0.25) is 5.91 Å². The third-order valence-electron chi connectivity index (χ3n) is 6.33. The van der Waals surface area contributed by atoms with Crippen LogP contribution < -0.4 is 10.2 Å². The third-order valence-corrected chi connectivity index (χ3v) is 7.37. The quantitative estimate of drug-likeness (QED) is 0.241. The molecule has 4 rings (SSSR count). The second kappa shape index (κ2) is 11.7. The van der Waals surface area contributed by atoms with E-state index in [1.807, 2.05) is 36.1 Å². The molecule has 0 spiro atoms. The summed E-state index contributed by atoms with van der Waals surface area (Å²) in [5, 5.41) is 3.37. The first-order chi connectivity index (χ1) is 18.0. The Kier molecular flexibility index (Phi) is 8.57. The summed E-state index contributed by atoms with van der Waals surface area (Å²) < 4.78 is 13.1. The standard InChI is InChI=1S/C28H31ClFN5O2S/c1-18-16-34(13-14-35(18)26(37)19-5-7-20(8-6-19)28(2,3)4)24-15-23(29)32-27(33-24)38-17-25(36)31-22-11-9-21(30)10-12-22/h5-12,15,18H,13-14,16-17H2,1-4H3,(H,31,36). The van der Waals surface area contributed by atoms with Gasteiger partial charge in [-0.1, -0.05) is 56.3 Å². The Morgan fingerprint density at radius 2 is 1.76 bits per heavy atom. The van der Waals surface area contributed by atoms with Crippen LogP contribution >= 0.6 is 23.4 Å². The molecule has 1 N–H and O–H groups in total. The van der Waals surface area contributed by atoms with Crippen molar-refractivity contribution in [2.75, 3.05) is 35.6 Å². The highest BCUT2D eigenvalue weighted by atomic mass is 35.5. The van der Waals surface area contributed by atoms with Gasteiger partial charge in [0.05, 0.1) is 5.75 Å². The van der Waals surface area contributed by atoms with Gasteiger partial charge in [-0.3, -0.25) is 9.59 Å². The van der Waals surface area contributed by atoms with E-state index in [0.717, 1.165) is 0 Å². The molecule has 0 bridgehead atoms. The number of nitrogens with one attached hydrogen (secondary N) is 1. The van der Waals surface area contributed by atoms with Crippen LogP contribution in [-0.4, -0.2) is 58.1 Å². The number of rotatable bonds is 6. The number of anilines is 2. The minimum atomic E-state index is -0.369. The molecule has 2 heterocycles. The molecule has 1 aromatic heterocycles. The highest BCUT2D eigenvalue weighted by molar-refractivity contribution is 7.99. The third kappa shape index (κ3) is 7.02. The Labute approximate surface area is 231 Å². The van der Waals surface area contributed by atoms with E-state index in [4.69, 9.17) is 11.6 Å². The summed E-state index contributed by atoms with van der Waals surface area (Å²) in [6.45, 7) is 10.2. The maximum absolute atomic E-state index is 13.2. The van der Waals surface area contributed by atoms with E-state index in [1.165, 1.54) is 41.6 Å². The molecule has 0 aliphatic carbocycles. The summed E-state index contributed by atoms with van der Waals surface area (Å²) in [6, 6.07) is 15.1. The molecular weight excluding hydrogens is 525 g/mol. The predicted molar refractivity (Wildman–Crippen MR) is 151 cm³/mol. The molecule has 0 saturated carbocycles. The zero-order valence-electron chi connectivity index (χ0n) is 21.9. The Bertz CT molecular complexity index is 1300. The predicted octanol–water partition coefficient (Wildman–Crippen LogP) is 5.65. The van der Waals surface area contributed by atoms with Gasteiger partial charge in [0.1, 0.15) is 16.8 Å². The number of amides is 2. The lowest BCUT2D eigenvalue weighted by atomic mass is 9.86. The van der Waals surface area contributed by atoms with Crippen molar-refractivity contribution in [1.82, 2.24) is 14.9 Å². The van der Waals surface area contributed by atoms with Gasteiger partial charge in [0.25, 0.3) is 5.91 Å². The average molecular weight is 556 g/mol. The van der Waals surface area contributed by atoms with Crippen LogP contribution in [0.4, 0.5) is 15.9 Å². The number of hydrogen-bond acceptors (Lipinski definition) is 6. The molecule has 1 saturated heterocycles. The SMILES string of the molecule is CC1CN(c2cc(Cl)nc(SCC(=O)Nc3ccc(F)cc3)n2)CCN1C(=O)c1ccc(C(C)(C)C)cc1. The molecule has 1 aliphatic rings. The molecule has 1 unspecified atom stereocenters. The highest BCUT2D eigenvalue weighted by Gasteiger charge is 2.29. The van der Waals surface area contributed by atoms with Crippen LogP contribution in [0.5, 0.6) is 0 Å². The number of benzene rings is 2. The van der Waals surface area contributed by atoms with Crippen molar-refractivity contribution in [3.8, 4) is 0 Å². The molecule has 2 aromatic carbocycles. The van der Waals surface area contributed by atoms with Crippen molar-refractivity contribution in [3.05, 3.63) is 76.7 Å². The molecule has 200 valence electrons. The van der Waals surface area contributed by atoms with E-state index in [1.54, 1.807) is 6.07 Å². The fourth-order valence-corrected chi connectivity index (χ4v) is 5.10. The van der Waals surface area contributed by atoms with Gasteiger partial charge >= 0.3 is 0 Å². The van der Waals surface area contributed by atoms with Crippen LogP contribution in [-0.2, 0) is 10.2 Å². The van der Waals surface area contributed by atoms with Gasteiger partial charge in [-0.25, -0.2) is 14.4 Å². The van der Waals surface area contributed by atoms with Crippen LogP contribution in [0, 0.1) is 5.82 Å². The van der Waals surface area contributed by atoms with Crippen LogP contribution in [0.2, 0.25) is 5.15 Å². The van der Waals surface area contributed by atoms with E-state index in [0.29, 0.717) is 41.9 Å². The molecule has 10 heteroatoms. The number of piperazine rings is 1. The van der Waals surface area contributed by atoms with Gasteiger partial charge < -0.3 is 15.1 Å². The van der Waals surface area contributed by atoms with Crippen molar-refractivity contribution >= 4 is 46.7 Å². The summed E-state index contributed by atoms with van der Waals surface area (Å²) in [6.07, 6.45) is 0. The number of halogens is 2. The Balaban J connectivity index is 1.36. The molecule has 0 radical (unpaired) electrons. The van der Waals surface area contributed by atoms with Gasteiger partial charge in [-0.05, 0) is 54.3 Å². The smallest absolute Gasteiger partial charge is 0.254 e. The number of carbonyl (C=O) groups excluding carboxylic acids is 2. The maximum atomic E-state index is 13.2. The number of hydrogen-bond donors (Lipinski definition) is 1. The van der Waals surface area contributed by atoms with E-state index >= 15 is 0 Å². The minimum Gasteiger partial charge on any atom is -0.353 e. The summed E-state index contributed by atoms with van der Waals surface area (Å²) in [7, 11) is 0. The van der Waals surface area contributed by atoms with Gasteiger partial charge in [-0.15, -0.1) is 0 Å². The topological polar surface area (TPSA) is 78.4 Å². The largest absolute Gasteiger partial charge is 0.353 e. The van der Waals surface area contributed by atoms with E-state index in [9.17, 15) is 14.0 Å². The van der Waals surface area contributed by atoms with Gasteiger partial charge in [-0.2, -0.15) is 0 Å². The maximum Gasteiger partial charge on any atom is 0.254 e. The van der Waals surface area contributed by atoms with E-state index in [-0.39, 0.29) is 40.0 Å². The normalized spacial score (nSPS) is 15.9. The van der Waals surface area contributed by atoms with Crippen LogP contribution in [0.25, 0.3) is 0 Å². The molecule has 1 fully saturated rings. The average Bonchev–Trinajstić information content (AvgIpc) is 2.87. The van der Waals surface area contributed by atoms with Gasteiger partial charge in [0, 0.05) is 43.0 Å². The summed E-state index contributed by atoms with van der Waals surface area (Å²) in [4.78, 5) is 38.3. The molecule has 2 amide bonds. The molecule has 1 atom stereocenters. The number of thioether (sulfide) groups is 1. The highest BCUT2D eigenvalue weighted by Crippen LogP contribution is 2.26. The van der Waals surface area contributed by atoms with Crippen molar-refractivity contribution in [3.63, 3.8) is 0 Å². The van der Waals surface area contributed by atoms with Crippen molar-refractivity contribution in [2.24, 2.45) is 0 Å². The zero-order chi connectivity index (χ0) is 27.4. The fourth-order valence-electron chi connectivity index (χ4n) is 4.22. The summed E-state index contributed by atoms with van der Waals surface area (Å²) in [5.74, 6) is 0.111. The lowest BCUT2D eigenvalue weighted by Crippen LogP contribution is -2.54. The van der Waals surface area contributed by atoms with E-state index < -0.39 is 0 Å². The van der Waals surface area contributed by atoms with E-state index in [2.05, 4.69) is 41.0 Å². The van der Waals surface area contributed by atoms with Crippen molar-refractivity contribution < 1.29 is 14.0 Å². The van der Waals surface area contributed by atoms with Crippen molar-refractivity contribution in [1.29, 1.82) is 0 Å². The molecular formula is C28H31ClFN5O2S. The first-order valence-corrected chi connectivity index (χ1v) is 13.8. The Morgan fingerprint density at radius 3 is 2.39 bits per heavy atom. The lowest BCUT2D eigenvalue weighted by Gasteiger charge is -2.40. The van der Waals surface area contributed by atoms with Gasteiger partial charge in [0.15, 0.2) is 5.16 Å². The molecule has 1 aliphatic heterocycles. The number of nitrogens with zero attached hydrogens (tertiary/aromatic N) is 4. The zero-order valence-corrected chi connectivity index (χ0v) is 23.4. The van der Waals surface area contributed by atoms with Crippen LogP contribution in [0.15, 0.2) is 59.8 Å². The van der Waals surface area contributed by atoms with Crippen molar-refractivity contribution in [2.45, 2.75) is 44.3 Å². The number of aromatic nitrogens is 2. The monoisotopic (exact) mass is 555 g/mol. The molecule has 38 heavy (non-hydrogen) atoms. The molecule has 3 aromatic rings. The fraction of sp³-hybridized carbons (Fsp3) is 0.357. The van der Waals surface area contributed by atoms with Crippen LogP contribution in [0.1, 0.15) is 43.6 Å². The molecule has 7 nitrogen and oxygen atoms in total. The first-order valence-electron chi connectivity index (χ1n) is 12.4. The summed E-state index contributed by atoms with van der Waals surface area (Å²) >= 11 is 7.44. The second-order valence-corrected chi connectivity index (χ2v) is 11.6. The summed E-state index contributed by atoms with van der Waals surface area (Å²) in [5.41, 5.74) is 2.41. The number of carbonyl (C=O) groups is 2. The van der Waals surface area contributed by atoms with Crippen LogP contribution in [0.3, 0.4) is 0 Å². The Morgan fingerprint density at radius 1 is 1.08 bits per heavy atom. The minimum absolute atomic E-state index is 0.0155. The Hall–Kier alpha value is -3.17.